The first-order valence-corrected chi connectivity index (χ1v) is 9.47. The molecule has 1 fully saturated rings. The van der Waals surface area contributed by atoms with Crippen LogP contribution in [0.4, 0.5) is 0 Å². The Morgan fingerprint density at radius 3 is 2.46 bits per heavy atom. The van der Waals surface area contributed by atoms with Crippen molar-refractivity contribution in [3.8, 4) is 0 Å². The van der Waals surface area contributed by atoms with Crippen molar-refractivity contribution >= 4 is 11.7 Å². The molecule has 0 spiro atoms. The van der Waals surface area contributed by atoms with Crippen LogP contribution >= 0.6 is 0 Å². The molecule has 4 heteroatoms. The van der Waals surface area contributed by atoms with Crippen molar-refractivity contribution in [1.82, 2.24) is 5.32 Å². The number of carbonyl (C=O) groups is 2. The van der Waals surface area contributed by atoms with E-state index in [1.165, 1.54) is 31.8 Å². The zero-order valence-electron chi connectivity index (χ0n) is 15.5. The number of ketones is 1. The van der Waals surface area contributed by atoms with Crippen LogP contribution in [0.1, 0.15) is 85.0 Å². The molecule has 1 unspecified atom stereocenters. The topological polar surface area (TPSA) is 55.4 Å². The van der Waals surface area contributed by atoms with Gasteiger partial charge < -0.3 is 4.74 Å². The molecule has 1 aliphatic heterocycles. The van der Waals surface area contributed by atoms with E-state index < -0.39 is 6.10 Å². The Bertz CT molecular complexity index is 466. The van der Waals surface area contributed by atoms with Gasteiger partial charge >= 0.3 is 0 Å². The summed E-state index contributed by atoms with van der Waals surface area (Å²) in [5, 5.41) is 2.65. The van der Waals surface area contributed by atoms with Gasteiger partial charge in [0.2, 0.25) is 0 Å². The Balaban J connectivity index is 2.38. The predicted molar refractivity (Wildman–Crippen MR) is 97.4 cm³/mol. The number of hydrogen-bond acceptors (Lipinski definition) is 3. The molecule has 1 saturated heterocycles. The number of carbonyl (C=O) groups excluding carboxylic acids is 2. The van der Waals surface area contributed by atoms with Crippen LogP contribution in [0.25, 0.3) is 0 Å². The van der Waals surface area contributed by atoms with E-state index >= 15 is 0 Å². The molecule has 1 N–H and O–H groups in total. The highest BCUT2D eigenvalue weighted by Crippen LogP contribution is 2.17. The Morgan fingerprint density at radius 1 is 1.08 bits per heavy atom. The van der Waals surface area contributed by atoms with Gasteiger partial charge in [0.1, 0.15) is 0 Å². The lowest BCUT2D eigenvalue weighted by atomic mass is 10.1. The molecule has 1 amide bonds. The molecule has 0 aliphatic carbocycles. The predicted octanol–water partition coefficient (Wildman–Crippen LogP) is 4.80. The minimum atomic E-state index is -0.445. The number of amides is 1. The number of unbranched alkanes of at least 4 members (excludes halogenated alkanes) is 6. The highest BCUT2D eigenvalue weighted by Gasteiger charge is 2.29. The molecule has 0 radical (unpaired) electrons. The van der Waals surface area contributed by atoms with E-state index in [1.807, 2.05) is 6.92 Å². The van der Waals surface area contributed by atoms with Crippen LogP contribution in [-0.2, 0) is 14.3 Å². The molecule has 0 bridgehead atoms. The first kappa shape index (κ1) is 20.5. The van der Waals surface area contributed by atoms with Gasteiger partial charge in [0.15, 0.2) is 17.8 Å². The van der Waals surface area contributed by atoms with Gasteiger partial charge in [-0.2, -0.15) is 0 Å². The molecule has 1 rings (SSSR count). The monoisotopic (exact) mass is 335 g/mol. The molecule has 0 aromatic carbocycles. The molecule has 1 aliphatic rings. The van der Waals surface area contributed by atoms with Crippen LogP contribution in [0.3, 0.4) is 0 Å². The standard InChI is InChI=1S/C20H33NO3/c1-4-6-8-9-11-12-16(3)14-17(22)15-19-21-20(23)18(24-19)13-10-7-5-2/h14-15,18H,4-13H2,1-3H3,(H,21,23)/b16-14+,19-15+. The number of ether oxygens (including phenoxy) is 1. The van der Waals surface area contributed by atoms with E-state index in [9.17, 15) is 9.59 Å². The van der Waals surface area contributed by atoms with Crippen LogP contribution in [0.15, 0.2) is 23.6 Å². The van der Waals surface area contributed by atoms with Gasteiger partial charge in [0.25, 0.3) is 5.91 Å². The molecular weight excluding hydrogens is 302 g/mol. The summed E-state index contributed by atoms with van der Waals surface area (Å²) in [7, 11) is 0. The lowest BCUT2D eigenvalue weighted by Gasteiger charge is -2.06. The number of allylic oxidation sites excluding steroid dienone is 3. The quantitative estimate of drug-likeness (QED) is 0.412. The number of hydrogen-bond donors (Lipinski definition) is 1. The summed E-state index contributed by atoms with van der Waals surface area (Å²) >= 11 is 0. The lowest BCUT2D eigenvalue weighted by molar-refractivity contribution is -0.123. The molecule has 0 aromatic rings. The fourth-order valence-corrected chi connectivity index (χ4v) is 2.77. The molecule has 1 atom stereocenters. The average Bonchev–Trinajstić information content (AvgIpc) is 2.86. The van der Waals surface area contributed by atoms with E-state index in [0.717, 1.165) is 37.7 Å². The lowest BCUT2D eigenvalue weighted by Crippen LogP contribution is -2.22. The zero-order valence-corrected chi connectivity index (χ0v) is 15.5. The minimum Gasteiger partial charge on any atom is -0.465 e. The van der Waals surface area contributed by atoms with Gasteiger partial charge in [0.05, 0.1) is 0 Å². The van der Waals surface area contributed by atoms with Crippen LogP contribution in [0, 0.1) is 0 Å². The van der Waals surface area contributed by atoms with Crippen molar-refractivity contribution in [2.75, 3.05) is 0 Å². The largest absolute Gasteiger partial charge is 0.465 e. The van der Waals surface area contributed by atoms with E-state index in [0.29, 0.717) is 12.3 Å². The third kappa shape index (κ3) is 8.32. The van der Waals surface area contributed by atoms with Gasteiger partial charge in [-0.1, -0.05) is 57.9 Å². The van der Waals surface area contributed by atoms with E-state index in [4.69, 9.17) is 4.74 Å². The van der Waals surface area contributed by atoms with Gasteiger partial charge in [0, 0.05) is 6.08 Å². The highest BCUT2D eigenvalue weighted by molar-refractivity contribution is 6.00. The smallest absolute Gasteiger partial charge is 0.267 e. The second kappa shape index (κ2) is 11.9. The summed E-state index contributed by atoms with van der Waals surface area (Å²) in [6.07, 6.45) is 13.5. The maximum atomic E-state index is 12.0. The van der Waals surface area contributed by atoms with Crippen molar-refractivity contribution in [2.45, 2.75) is 91.1 Å². The summed E-state index contributed by atoms with van der Waals surface area (Å²) in [6.45, 7) is 6.31. The zero-order chi connectivity index (χ0) is 17.8. The highest BCUT2D eigenvalue weighted by atomic mass is 16.5. The average molecular weight is 335 g/mol. The first-order chi connectivity index (χ1) is 11.6. The summed E-state index contributed by atoms with van der Waals surface area (Å²) in [5.74, 6) is 0.0332. The van der Waals surface area contributed by atoms with Crippen molar-refractivity contribution in [1.29, 1.82) is 0 Å². The van der Waals surface area contributed by atoms with Crippen LogP contribution in [-0.4, -0.2) is 17.8 Å². The van der Waals surface area contributed by atoms with E-state index in [-0.39, 0.29) is 11.7 Å². The van der Waals surface area contributed by atoms with Crippen molar-refractivity contribution < 1.29 is 14.3 Å². The molecular formula is C20H33NO3. The SMILES string of the molecule is CCCCCCC/C(C)=C/C(=O)/C=C1\NC(=O)C(CCCCC)O1. The normalized spacial score (nSPS) is 19.5. The van der Waals surface area contributed by atoms with Crippen molar-refractivity contribution in [2.24, 2.45) is 0 Å². The molecule has 24 heavy (non-hydrogen) atoms. The van der Waals surface area contributed by atoms with Crippen molar-refractivity contribution in [3.05, 3.63) is 23.6 Å². The summed E-state index contributed by atoms with van der Waals surface area (Å²) in [4.78, 5) is 23.8. The Kier molecular flexibility index (Phi) is 10.1. The first-order valence-electron chi connectivity index (χ1n) is 9.47. The second-order valence-corrected chi connectivity index (χ2v) is 6.66. The van der Waals surface area contributed by atoms with Gasteiger partial charge in [-0.15, -0.1) is 0 Å². The van der Waals surface area contributed by atoms with E-state index in [1.54, 1.807) is 6.08 Å². The van der Waals surface area contributed by atoms with Crippen molar-refractivity contribution in [3.63, 3.8) is 0 Å². The number of rotatable bonds is 12. The van der Waals surface area contributed by atoms with Crippen LogP contribution in [0.5, 0.6) is 0 Å². The molecule has 1 heterocycles. The van der Waals surface area contributed by atoms with Crippen LogP contribution < -0.4 is 5.32 Å². The summed E-state index contributed by atoms with van der Waals surface area (Å²) in [6, 6.07) is 0. The summed E-state index contributed by atoms with van der Waals surface area (Å²) < 4.78 is 5.55. The van der Waals surface area contributed by atoms with Gasteiger partial charge in [-0.3, -0.25) is 14.9 Å². The Hall–Kier alpha value is -1.58. The Morgan fingerprint density at radius 2 is 1.75 bits per heavy atom. The third-order valence-electron chi connectivity index (χ3n) is 4.21. The maximum absolute atomic E-state index is 12.0. The van der Waals surface area contributed by atoms with E-state index in [2.05, 4.69) is 19.2 Å². The van der Waals surface area contributed by atoms with Gasteiger partial charge in [-0.25, -0.2) is 0 Å². The second-order valence-electron chi connectivity index (χ2n) is 6.66. The third-order valence-corrected chi connectivity index (χ3v) is 4.21. The fraction of sp³-hybridized carbons (Fsp3) is 0.700. The molecule has 0 aromatic heterocycles. The minimum absolute atomic E-state index is 0.120. The Labute approximate surface area is 146 Å². The molecule has 136 valence electrons. The molecule has 4 nitrogen and oxygen atoms in total. The fourth-order valence-electron chi connectivity index (χ4n) is 2.77. The van der Waals surface area contributed by atoms with Gasteiger partial charge in [-0.05, 0) is 38.7 Å². The number of nitrogens with one attached hydrogen (secondary N) is 1. The maximum Gasteiger partial charge on any atom is 0.267 e. The molecule has 0 saturated carbocycles. The van der Waals surface area contributed by atoms with Crippen LogP contribution in [0.2, 0.25) is 0 Å². The summed E-state index contributed by atoms with van der Waals surface area (Å²) in [5.41, 5.74) is 1.08.